The minimum absolute atomic E-state index is 0.256. The lowest BCUT2D eigenvalue weighted by Crippen LogP contribution is -2.52. The third-order valence-electron chi connectivity index (χ3n) is 6.45. The molecule has 176 valence electrons. The number of aromatic nitrogens is 4. The number of halogens is 2. The van der Waals surface area contributed by atoms with Crippen LogP contribution in [0, 0.1) is 0 Å². The van der Waals surface area contributed by atoms with E-state index in [-0.39, 0.29) is 5.56 Å². The Morgan fingerprint density at radius 2 is 1.74 bits per heavy atom. The molecule has 2 aromatic heterocycles. The summed E-state index contributed by atoms with van der Waals surface area (Å²) in [5, 5.41) is 8.91. The van der Waals surface area contributed by atoms with Crippen molar-refractivity contribution in [3.05, 3.63) is 78.5 Å². The zero-order valence-electron chi connectivity index (χ0n) is 18.7. The summed E-state index contributed by atoms with van der Waals surface area (Å²) in [5.74, 6) is -4.61. The molecule has 34 heavy (non-hydrogen) atoms. The van der Waals surface area contributed by atoms with Crippen LogP contribution in [0.1, 0.15) is 17.5 Å². The molecule has 0 unspecified atom stereocenters. The van der Waals surface area contributed by atoms with Gasteiger partial charge in [-0.15, -0.1) is 10.2 Å². The first kappa shape index (κ1) is 22.2. The highest BCUT2D eigenvalue weighted by Gasteiger charge is 2.44. The molecule has 0 atom stereocenters. The summed E-state index contributed by atoms with van der Waals surface area (Å²) in [4.78, 5) is 19.3. The Labute approximate surface area is 196 Å². The SMILES string of the molecule is O=C(N1CCN(CCCc2c[nH]c3ccc(-n4cnnc4)cc23)CC1)C(F)(F)c1ccccc1. The van der Waals surface area contributed by atoms with Crippen molar-refractivity contribution in [2.24, 2.45) is 0 Å². The average molecular weight is 465 g/mol. The van der Waals surface area contributed by atoms with E-state index in [0.29, 0.717) is 26.2 Å². The lowest BCUT2D eigenvalue weighted by atomic mass is 10.1. The molecule has 0 saturated carbocycles. The molecule has 0 radical (unpaired) electrons. The summed E-state index contributed by atoms with van der Waals surface area (Å²) < 4.78 is 31.1. The maximum absolute atomic E-state index is 14.6. The number of nitrogens with zero attached hydrogens (tertiary/aromatic N) is 5. The predicted molar refractivity (Wildman–Crippen MR) is 125 cm³/mol. The smallest absolute Gasteiger partial charge is 0.349 e. The molecule has 5 rings (SSSR count). The van der Waals surface area contributed by atoms with Gasteiger partial charge in [0.25, 0.3) is 5.91 Å². The van der Waals surface area contributed by atoms with Crippen LogP contribution in [0.15, 0.2) is 67.4 Å². The van der Waals surface area contributed by atoms with Gasteiger partial charge in [-0.1, -0.05) is 30.3 Å². The molecule has 9 heteroatoms. The van der Waals surface area contributed by atoms with E-state index in [9.17, 15) is 13.6 Å². The van der Waals surface area contributed by atoms with Crippen LogP contribution in [0.4, 0.5) is 8.78 Å². The fourth-order valence-corrected chi connectivity index (χ4v) is 4.51. The van der Waals surface area contributed by atoms with Gasteiger partial charge >= 0.3 is 5.92 Å². The summed E-state index contributed by atoms with van der Waals surface area (Å²) in [6, 6.07) is 13.5. The van der Waals surface area contributed by atoms with E-state index in [1.165, 1.54) is 40.1 Å². The van der Waals surface area contributed by atoms with Crippen molar-refractivity contribution in [1.82, 2.24) is 29.5 Å². The molecule has 1 N–H and O–H groups in total. The second kappa shape index (κ2) is 9.34. The van der Waals surface area contributed by atoms with E-state index in [4.69, 9.17) is 0 Å². The molecule has 1 aliphatic heterocycles. The number of fused-ring (bicyclic) bond motifs is 1. The predicted octanol–water partition coefficient (Wildman–Crippen LogP) is 3.62. The van der Waals surface area contributed by atoms with Crippen LogP contribution in [0.2, 0.25) is 0 Å². The maximum atomic E-state index is 14.6. The largest absolute Gasteiger partial charge is 0.361 e. The van der Waals surface area contributed by atoms with Gasteiger partial charge in [0.1, 0.15) is 12.7 Å². The number of amides is 1. The number of piperazine rings is 1. The number of aromatic amines is 1. The van der Waals surface area contributed by atoms with Gasteiger partial charge in [0.15, 0.2) is 0 Å². The van der Waals surface area contributed by atoms with Gasteiger partial charge in [-0.25, -0.2) is 0 Å². The number of rotatable bonds is 7. The lowest BCUT2D eigenvalue weighted by Gasteiger charge is -2.36. The van der Waals surface area contributed by atoms with Crippen molar-refractivity contribution >= 4 is 16.8 Å². The Morgan fingerprint density at radius 3 is 2.47 bits per heavy atom. The van der Waals surface area contributed by atoms with Crippen LogP contribution in [0.5, 0.6) is 0 Å². The second-order valence-electron chi connectivity index (χ2n) is 8.59. The van der Waals surface area contributed by atoms with Crippen molar-refractivity contribution < 1.29 is 13.6 Å². The number of nitrogens with one attached hydrogen (secondary N) is 1. The topological polar surface area (TPSA) is 70.1 Å². The molecule has 1 fully saturated rings. The summed E-state index contributed by atoms with van der Waals surface area (Å²) in [6.45, 7) is 2.69. The minimum Gasteiger partial charge on any atom is -0.361 e. The highest BCUT2D eigenvalue weighted by Crippen LogP contribution is 2.30. The average Bonchev–Trinajstić information content (AvgIpc) is 3.55. The molecule has 4 aromatic rings. The van der Waals surface area contributed by atoms with E-state index < -0.39 is 11.8 Å². The Morgan fingerprint density at radius 1 is 1.00 bits per heavy atom. The Hall–Kier alpha value is -3.59. The highest BCUT2D eigenvalue weighted by atomic mass is 19.3. The van der Waals surface area contributed by atoms with Crippen LogP contribution in [0.25, 0.3) is 16.6 Å². The standard InChI is InChI=1S/C25H26F2N6O/c26-25(27,20-6-2-1-3-7-20)24(34)32-13-11-31(12-14-32)10-4-5-19-16-28-23-9-8-21(15-22(19)23)33-17-29-30-18-33/h1-3,6-9,15-18,28H,4-5,10-14H2. The van der Waals surface area contributed by atoms with Gasteiger partial charge in [-0.3, -0.25) is 14.3 Å². The lowest BCUT2D eigenvalue weighted by molar-refractivity contribution is -0.160. The van der Waals surface area contributed by atoms with E-state index in [1.807, 2.05) is 16.8 Å². The summed E-state index contributed by atoms with van der Waals surface area (Å²) in [5.41, 5.74) is 3.07. The summed E-state index contributed by atoms with van der Waals surface area (Å²) >= 11 is 0. The van der Waals surface area contributed by atoms with E-state index in [2.05, 4.69) is 32.2 Å². The van der Waals surface area contributed by atoms with Crippen molar-refractivity contribution in [1.29, 1.82) is 0 Å². The van der Waals surface area contributed by atoms with Crippen LogP contribution in [0.3, 0.4) is 0 Å². The number of carbonyl (C=O) groups excluding carboxylic acids is 1. The second-order valence-corrected chi connectivity index (χ2v) is 8.59. The van der Waals surface area contributed by atoms with Crippen LogP contribution in [-0.2, 0) is 17.1 Å². The fraction of sp³-hybridized carbons (Fsp3) is 0.320. The van der Waals surface area contributed by atoms with E-state index >= 15 is 0 Å². The van der Waals surface area contributed by atoms with Gasteiger partial charge in [-0.2, -0.15) is 8.78 Å². The summed E-state index contributed by atoms with van der Waals surface area (Å²) in [6.07, 6.45) is 7.23. The van der Waals surface area contributed by atoms with Crippen molar-refractivity contribution in [3.8, 4) is 5.69 Å². The van der Waals surface area contributed by atoms with Crippen LogP contribution in [-0.4, -0.2) is 68.2 Å². The number of carbonyl (C=O) groups is 1. The van der Waals surface area contributed by atoms with Gasteiger partial charge < -0.3 is 9.88 Å². The van der Waals surface area contributed by atoms with E-state index in [1.54, 1.807) is 18.7 Å². The molecular formula is C25H26F2N6O. The van der Waals surface area contributed by atoms with Crippen molar-refractivity contribution in [2.75, 3.05) is 32.7 Å². The quantitative estimate of drug-likeness (QED) is 0.454. The third kappa shape index (κ3) is 4.43. The molecular weight excluding hydrogens is 438 g/mol. The molecule has 7 nitrogen and oxygen atoms in total. The van der Waals surface area contributed by atoms with Crippen LogP contribution < -0.4 is 0 Å². The minimum atomic E-state index is -3.50. The zero-order valence-corrected chi connectivity index (χ0v) is 18.7. The van der Waals surface area contributed by atoms with Gasteiger partial charge in [0, 0.05) is 54.5 Å². The number of hydrogen-bond acceptors (Lipinski definition) is 4. The Bertz CT molecular complexity index is 1250. The first-order valence-corrected chi connectivity index (χ1v) is 11.4. The molecule has 1 aliphatic rings. The first-order valence-electron chi connectivity index (χ1n) is 11.4. The third-order valence-corrected chi connectivity index (χ3v) is 6.45. The van der Waals surface area contributed by atoms with Gasteiger partial charge in [0.2, 0.25) is 0 Å². The summed E-state index contributed by atoms with van der Waals surface area (Å²) in [7, 11) is 0. The molecule has 0 bridgehead atoms. The van der Waals surface area contributed by atoms with Crippen LogP contribution >= 0.6 is 0 Å². The highest BCUT2D eigenvalue weighted by molar-refractivity contribution is 5.85. The number of aryl methyl sites for hydroxylation is 1. The zero-order chi connectivity index (χ0) is 23.5. The molecule has 1 saturated heterocycles. The Balaban J connectivity index is 1.14. The van der Waals surface area contributed by atoms with Crippen molar-refractivity contribution in [2.45, 2.75) is 18.8 Å². The monoisotopic (exact) mass is 464 g/mol. The number of alkyl halides is 2. The fourth-order valence-electron chi connectivity index (χ4n) is 4.51. The van der Waals surface area contributed by atoms with Gasteiger partial charge in [0.05, 0.1) is 0 Å². The van der Waals surface area contributed by atoms with Gasteiger partial charge in [-0.05, 0) is 43.1 Å². The normalized spacial score (nSPS) is 15.2. The number of H-pyrrole nitrogens is 1. The molecule has 2 aromatic carbocycles. The maximum Gasteiger partial charge on any atom is 0.349 e. The molecule has 1 amide bonds. The number of hydrogen-bond donors (Lipinski definition) is 1. The first-order chi connectivity index (χ1) is 16.5. The number of benzene rings is 2. The molecule has 0 spiro atoms. The van der Waals surface area contributed by atoms with Crippen molar-refractivity contribution in [3.63, 3.8) is 0 Å². The molecule has 3 heterocycles. The molecule has 0 aliphatic carbocycles. The van der Waals surface area contributed by atoms with E-state index in [0.717, 1.165) is 30.6 Å². The Kier molecular flexibility index (Phi) is 6.10.